The molecule has 0 amide bonds. The molecule has 0 aliphatic heterocycles. The summed E-state index contributed by atoms with van der Waals surface area (Å²) < 4.78 is 0. The molecule has 0 unspecified atom stereocenters. The van der Waals surface area contributed by atoms with Crippen LogP contribution in [0.3, 0.4) is 0 Å². The number of hydrogen-bond donors (Lipinski definition) is 4. The number of hydrogen-bond acceptors (Lipinski definition) is 4. The Labute approximate surface area is 80.6 Å². The lowest BCUT2D eigenvalue weighted by Crippen LogP contribution is -2.12. The topological polar surface area (TPSA) is 89.8 Å². The Morgan fingerprint density at radius 1 is 1.43 bits per heavy atom. The highest BCUT2D eigenvalue weighted by Gasteiger charge is 2.03. The number of carboxylic acid groups (broad SMARTS) is 1. The average molecular weight is 197 g/mol. The number of rotatable bonds is 4. The Hall–Kier alpha value is -1.59. The number of benzene rings is 1. The van der Waals surface area contributed by atoms with Gasteiger partial charge in [0, 0.05) is 11.3 Å². The summed E-state index contributed by atoms with van der Waals surface area (Å²) >= 11 is 0. The molecular weight excluding hydrogens is 186 g/mol. The summed E-state index contributed by atoms with van der Waals surface area (Å²) in [5.74, 6) is -0.972. The van der Waals surface area contributed by atoms with E-state index in [0.717, 1.165) is 0 Å². The van der Waals surface area contributed by atoms with E-state index in [4.69, 9.17) is 15.3 Å². The fourth-order valence-electron chi connectivity index (χ4n) is 0.987. The van der Waals surface area contributed by atoms with Crippen LogP contribution in [0.2, 0.25) is 0 Å². The van der Waals surface area contributed by atoms with Crippen molar-refractivity contribution in [3.05, 3.63) is 29.8 Å². The number of aliphatic hydroxyl groups excluding tert-OH is 1. The predicted octanol–water partition coefficient (Wildman–Crippen LogP) is 0.166. The summed E-state index contributed by atoms with van der Waals surface area (Å²) in [6.45, 7) is -0.203. The summed E-state index contributed by atoms with van der Waals surface area (Å²) in [7, 11) is 0. The summed E-state index contributed by atoms with van der Waals surface area (Å²) in [4.78, 5) is 10.2. The van der Waals surface area contributed by atoms with Crippen molar-refractivity contribution >= 4 is 11.7 Å². The van der Waals surface area contributed by atoms with Gasteiger partial charge in [-0.1, -0.05) is 12.1 Å². The Morgan fingerprint density at radius 2 is 2.14 bits per heavy atom. The minimum absolute atomic E-state index is 0.203. The highest BCUT2D eigenvalue weighted by Crippen LogP contribution is 2.15. The molecule has 0 saturated heterocycles. The second kappa shape index (κ2) is 4.59. The van der Waals surface area contributed by atoms with Gasteiger partial charge in [-0.2, -0.15) is 0 Å². The maximum Gasteiger partial charge on any atom is 0.322 e. The SMILES string of the molecule is O=C(O)CNc1cccc(C(O)O)c1. The Morgan fingerprint density at radius 3 is 2.71 bits per heavy atom. The standard InChI is InChI=1S/C9H11NO4/c11-8(12)5-10-7-3-1-2-6(4-7)9(13)14/h1-4,9-10,13-14H,5H2,(H,11,12). The van der Waals surface area contributed by atoms with E-state index in [-0.39, 0.29) is 6.54 Å². The molecule has 0 fully saturated rings. The van der Waals surface area contributed by atoms with Crippen molar-refractivity contribution in [2.24, 2.45) is 0 Å². The van der Waals surface area contributed by atoms with Crippen LogP contribution in [0.1, 0.15) is 11.9 Å². The van der Waals surface area contributed by atoms with Crippen molar-refractivity contribution in [3.8, 4) is 0 Å². The van der Waals surface area contributed by atoms with Crippen LogP contribution >= 0.6 is 0 Å². The zero-order valence-electron chi connectivity index (χ0n) is 7.34. The maximum atomic E-state index is 10.2. The molecule has 0 atom stereocenters. The van der Waals surface area contributed by atoms with Gasteiger partial charge in [-0.25, -0.2) is 0 Å². The second-order valence-corrected chi connectivity index (χ2v) is 2.75. The van der Waals surface area contributed by atoms with Gasteiger partial charge in [0.25, 0.3) is 0 Å². The lowest BCUT2D eigenvalue weighted by molar-refractivity contribution is -0.134. The summed E-state index contributed by atoms with van der Waals surface area (Å²) in [6.07, 6.45) is -1.54. The fraction of sp³-hybridized carbons (Fsp3) is 0.222. The van der Waals surface area contributed by atoms with Crippen molar-refractivity contribution in [2.45, 2.75) is 6.29 Å². The van der Waals surface area contributed by atoms with Crippen LogP contribution in [0, 0.1) is 0 Å². The van der Waals surface area contributed by atoms with E-state index >= 15 is 0 Å². The van der Waals surface area contributed by atoms with Crippen LogP contribution in [0.4, 0.5) is 5.69 Å². The molecule has 0 spiro atoms. The van der Waals surface area contributed by atoms with Crippen molar-refractivity contribution in [1.82, 2.24) is 0 Å². The lowest BCUT2D eigenvalue weighted by atomic mass is 10.2. The highest BCUT2D eigenvalue weighted by atomic mass is 16.5. The van der Waals surface area contributed by atoms with Gasteiger partial charge in [-0.05, 0) is 12.1 Å². The van der Waals surface area contributed by atoms with Gasteiger partial charge < -0.3 is 20.6 Å². The minimum atomic E-state index is -1.54. The van der Waals surface area contributed by atoms with Crippen molar-refractivity contribution < 1.29 is 20.1 Å². The Balaban J connectivity index is 2.68. The van der Waals surface area contributed by atoms with E-state index < -0.39 is 12.3 Å². The molecule has 76 valence electrons. The van der Waals surface area contributed by atoms with Crippen LogP contribution < -0.4 is 5.32 Å². The third-order valence-corrected chi connectivity index (χ3v) is 1.63. The smallest absolute Gasteiger partial charge is 0.322 e. The number of carboxylic acids is 1. The first kappa shape index (κ1) is 10.5. The van der Waals surface area contributed by atoms with E-state index in [0.29, 0.717) is 11.3 Å². The van der Waals surface area contributed by atoms with E-state index in [2.05, 4.69) is 5.32 Å². The van der Waals surface area contributed by atoms with Gasteiger partial charge in [-0.15, -0.1) is 0 Å². The fourth-order valence-corrected chi connectivity index (χ4v) is 0.987. The molecule has 1 rings (SSSR count). The van der Waals surface area contributed by atoms with Crippen molar-refractivity contribution in [3.63, 3.8) is 0 Å². The monoisotopic (exact) mass is 197 g/mol. The Bertz CT molecular complexity index is 324. The van der Waals surface area contributed by atoms with Crippen LogP contribution in [-0.2, 0) is 4.79 Å². The van der Waals surface area contributed by atoms with Crippen LogP contribution in [0.25, 0.3) is 0 Å². The van der Waals surface area contributed by atoms with E-state index in [1.807, 2.05) is 0 Å². The van der Waals surface area contributed by atoms with Gasteiger partial charge in [0.1, 0.15) is 6.54 Å². The lowest BCUT2D eigenvalue weighted by Gasteiger charge is -2.07. The van der Waals surface area contributed by atoms with Crippen molar-refractivity contribution in [2.75, 3.05) is 11.9 Å². The summed E-state index contributed by atoms with van der Waals surface area (Å²) in [5.41, 5.74) is 0.860. The van der Waals surface area contributed by atoms with Crippen LogP contribution in [0.5, 0.6) is 0 Å². The van der Waals surface area contributed by atoms with E-state index in [1.54, 1.807) is 12.1 Å². The zero-order chi connectivity index (χ0) is 10.6. The first-order chi connectivity index (χ1) is 6.59. The van der Waals surface area contributed by atoms with Crippen molar-refractivity contribution in [1.29, 1.82) is 0 Å². The molecule has 5 heteroatoms. The number of anilines is 1. The normalized spacial score (nSPS) is 10.2. The molecule has 0 radical (unpaired) electrons. The predicted molar refractivity (Wildman–Crippen MR) is 49.7 cm³/mol. The first-order valence-corrected chi connectivity index (χ1v) is 4.01. The molecule has 0 heterocycles. The van der Waals surface area contributed by atoms with Crippen LogP contribution in [0.15, 0.2) is 24.3 Å². The van der Waals surface area contributed by atoms with Gasteiger partial charge in [0.05, 0.1) is 0 Å². The molecule has 0 aliphatic rings. The third-order valence-electron chi connectivity index (χ3n) is 1.63. The molecule has 1 aromatic carbocycles. The molecular formula is C9H11NO4. The number of carbonyl (C=O) groups is 1. The number of aliphatic hydroxyl groups is 2. The molecule has 1 aromatic rings. The van der Waals surface area contributed by atoms with E-state index in [9.17, 15) is 4.79 Å². The summed E-state index contributed by atoms with van der Waals surface area (Å²) in [5, 5.41) is 28.7. The molecule has 5 nitrogen and oxygen atoms in total. The first-order valence-electron chi connectivity index (χ1n) is 4.01. The number of nitrogens with one attached hydrogen (secondary N) is 1. The second-order valence-electron chi connectivity index (χ2n) is 2.75. The molecule has 0 aliphatic carbocycles. The minimum Gasteiger partial charge on any atom is -0.480 e. The van der Waals surface area contributed by atoms with E-state index in [1.165, 1.54) is 12.1 Å². The van der Waals surface area contributed by atoms with Gasteiger partial charge >= 0.3 is 5.97 Å². The number of aliphatic carboxylic acids is 1. The Kier molecular flexibility index (Phi) is 3.44. The third kappa shape index (κ3) is 3.04. The van der Waals surface area contributed by atoms with Gasteiger partial charge in [0.2, 0.25) is 0 Å². The molecule has 4 N–H and O–H groups in total. The van der Waals surface area contributed by atoms with Gasteiger partial charge in [-0.3, -0.25) is 4.79 Å². The quantitative estimate of drug-likeness (QED) is 0.516. The average Bonchev–Trinajstić information content (AvgIpc) is 2.15. The molecule has 0 saturated carbocycles. The van der Waals surface area contributed by atoms with Gasteiger partial charge in [0.15, 0.2) is 6.29 Å². The molecule has 14 heavy (non-hydrogen) atoms. The molecule has 0 aromatic heterocycles. The van der Waals surface area contributed by atoms with Crippen LogP contribution in [-0.4, -0.2) is 27.8 Å². The largest absolute Gasteiger partial charge is 0.480 e. The highest BCUT2D eigenvalue weighted by molar-refractivity contribution is 5.72. The maximum absolute atomic E-state index is 10.2. The summed E-state index contributed by atoms with van der Waals surface area (Å²) in [6, 6.07) is 6.28. The zero-order valence-corrected chi connectivity index (χ0v) is 7.34. The molecule has 0 bridgehead atoms.